The molecule has 4 rings (SSSR count). The smallest absolute Gasteiger partial charge is 0.273 e. The first kappa shape index (κ1) is 19.2. The van der Waals surface area contributed by atoms with Crippen LogP contribution in [0.25, 0.3) is 11.3 Å². The Kier molecular flexibility index (Phi) is 5.33. The summed E-state index contributed by atoms with van der Waals surface area (Å²) in [7, 11) is 4.75. The van der Waals surface area contributed by atoms with Crippen LogP contribution in [0.2, 0.25) is 0 Å². The average Bonchev–Trinajstić information content (AvgIpc) is 3.32. The van der Waals surface area contributed by atoms with E-state index in [4.69, 9.17) is 14.2 Å². The average molecular weight is 393 g/mol. The minimum atomic E-state index is -0.531. The van der Waals surface area contributed by atoms with E-state index in [1.54, 1.807) is 26.2 Å². The van der Waals surface area contributed by atoms with Crippen molar-refractivity contribution in [2.75, 3.05) is 27.9 Å². The number of rotatable bonds is 7. The van der Waals surface area contributed by atoms with Crippen LogP contribution >= 0.6 is 0 Å². The van der Waals surface area contributed by atoms with Gasteiger partial charge >= 0.3 is 0 Å². The van der Waals surface area contributed by atoms with Crippen molar-refractivity contribution in [1.29, 1.82) is 0 Å². The van der Waals surface area contributed by atoms with E-state index >= 15 is 0 Å². The van der Waals surface area contributed by atoms with Gasteiger partial charge in [0.15, 0.2) is 6.29 Å². The van der Waals surface area contributed by atoms with E-state index in [0.29, 0.717) is 12.2 Å². The number of nitrogens with zero attached hydrogens (tertiary/aromatic N) is 2. The molecule has 0 spiro atoms. The molecular formula is C22H23N3O4. The molecule has 7 heteroatoms. The summed E-state index contributed by atoms with van der Waals surface area (Å²) in [6.07, 6.45) is -0.531. The van der Waals surface area contributed by atoms with Crippen LogP contribution in [0.15, 0.2) is 54.6 Å². The maximum absolute atomic E-state index is 13.2. The lowest BCUT2D eigenvalue weighted by Gasteiger charge is -2.29. The van der Waals surface area contributed by atoms with Crippen molar-refractivity contribution in [3.8, 4) is 17.0 Å². The Morgan fingerprint density at radius 1 is 1.03 bits per heavy atom. The van der Waals surface area contributed by atoms with Gasteiger partial charge in [-0.25, -0.2) is 0 Å². The topological polar surface area (TPSA) is 76.7 Å². The molecule has 29 heavy (non-hydrogen) atoms. The largest absolute Gasteiger partial charge is 0.497 e. The summed E-state index contributed by atoms with van der Waals surface area (Å²) < 4.78 is 16.0. The van der Waals surface area contributed by atoms with Gasteiger partial charge in [-0.15, -0.1) is 0 Å². The number of amides is 1. The van der Waals surface area contributed by atoms with E-state index in [2.05, 4.69) is 10.2 Å². The summed E-state index contributed by atoms with van der Waals surface area (Å²) in [6, 6.07) is 17.2. The Labute approximate surface area is 169 Å². The highest BCUT2D eigenvalue weighted by Crippen LogP contribution is 2.43. The number of hydrogen-bond acceptors (Lipinski definition) is 5. The highest BCUT2D eigenvalue weighted by atomic mass is 16.7. The zero-order valence-electron chi connectivity index (χ0n) is 16.6. The van der Waals surface area contributed by atoms with E-state index in [9.17, 15) is 4.79 Å². The van der Waals surface area contributed by atoms with Crippen molar-refractivity contribution in [3.63, 3.8) is 0 Å². The second-order valence-corrected chi connectivity index (χ2v) is 6.76. The molecule has 0 bridgehead atoms. The summed E-state index contributed by atoms with van der Waals surface area (Å²) in [5.41, 5.74) is 4.03. The van der Waals surface area contributed by atoms with Gasteiger partial charge in [-0.1, -0.05) is 42.5 Å². The summed E-state index contributed by atoms with van der Waals surface area (Å²) in [6.45, 7) is 0.291. The molecule has 0 fully saturated rings. The SMILES string of the molecule is COc1ccc(C2c3c(-c4ccccc4)n[nH]c3C(=O)N2CC(OC)OC)cc1. The van der Waals surface area contributed by atoms with Crippen LogP contribution in [0.3, 0.4) is 0 Å². The lowest BCUT2D eigenvalue weighted by molar-refractivity contribution is -0.113. The molecule has 2 aromatic carbocycles. The van der Waals surface area contributed by atoms with Crippen molar-refractivity contribution < 1.29 is 19.0 Å². The van der Waals surface area contributed by atoms with Crippen LogP contribution in [-0.2, 0) is 9.47 Å². The van der Waals surface area contributed by atoms with Gasteiger partial charge in [0, 0.05) is 25.3 Å². The summed E-state index contributed by atoms with van der Waals surface area (Å²) in [5.74, 6) is 0.626. The second kappa shape index (κ2) is 8.06. The predicted molar refractivity (Wildman–Crippen MR) is 108 cm³/mol. The normalized spacial score (nSPS) is 15.8. The van der Waals surface area contributed by atoms with Crippen molar-refractivity contribution >= 4 is 5.91 Å². The maximum Gasteiger partial charge on any atom is 0.273 e. The van der Waals surface area contributed by atoms with E-state index in [-0.39, 0.29) is 11.9 Å². The third-order valence-corrected chi connectivity index (χ3v) is 5.21. The van der Waals surface area contributed by atoms with Crippen molar-refractivity contribution in [1.82, 2.24) is 15.1 Å². The second-order valence-electron chi connectivity index (χ2n) is 6.76. The van der Waals surface area contributed by atoms with Gasteiger partial charge < -0.3 is 19.1 Å². The molecule has 1 unspecified atom stereocenters. The highest BCUT2D eigenvalue weighted by Gasteiger charge is 2.43. The number of aromatic amines is 1. The van der Waals surface area contributed by atoms with Crippen LogP contribution in [0.4, 0.5) is 0 Å². The number of H-pyrrole nitrogens is 1. The van der Waals surface area contributed by atoms with E-state index < -0.39 is 6.29 Å². The molecule has 0 radical (unpaired) electrons. The summed E-state index contributed by atoms with van der Waals surface area (Å²) in [4.78, 5) is 15.0. The lowest BCUT2D eigenvalue weighted by Crippen LogP contribution is -2.38. The van der Waals surface area contributed by atoms with Gasteiger partial charge in [0.1, 0.15) is 11.4 Å². The van der Waals surface area contributed by atoms with Crippen LogP contribution in [-0.4, -0.2) is 55.2 Å². The molecule has 1 aliphatic heterocycles. The minimum absolute atomic E-state index is 0.130. The van der Waals surface area contributed by atoms with E-state index in [1.165, 1.54) is 0 Å². The van der Waals surface area contributed by atoms with E-state index in [1.807, 2.05) is 54.6 Å². The zero-order chi connectivity index (χ0) is 20.4. The monoisotopic (exact) mass is 393 g/mol. The molecule has 1 aliphatic rings. The van der Waals surface area contributed by atoms with Crippen LogP contribution in [0, 0.1) is 0 Å². The summed E-state index contributed by atoms with van der Waals surface area (Å²) >= 11 is 0. The number of carbonyl (C=O) groups is 1. The quantitative estimate of drug-likeness (QED) is 0.624. The van der Waals surface area contributed by atoms with Crippen molar-refractivity contribution in [3.05, 3.63) is 71.4 Å². The number of benzene rings is 2. The van der Waals surface area contributed by atoms with Gasteiger partial charge in [0.25, 0.3) is 5.91 Å². The molecule has 150 valence electrons. The number of fused-ring (bicyclic) bond motifs is 1. The molecule has 1 aromatic heterocycles. The molecule has 1 N–H and O–H groups in total. The molecule has 1 amide bonds. The van der Waals surface area contributed by atoms with Crippen molar-refractivity contribution in [2.24, 2.45) is 0 Å². The van der Waals surface area contributed by atoms with Crippen LogP contribution in [0.5, 0.6) is 5.75 Å². The fourth-order valence-electron chi connectivity index (χ4n) is 3.74. The minimum Gasteiger partial charge on any atom is -0.497 e. The number of nitrogens with one attached hydrogen (secondary N) is 1. The number of hydrogen-bond donors (Lipinski definition) is 1. The van der Waals surface area contributed by atoms with Gasteiger partial charge in [-0.3, -0.25) is 9.89 Å². The first-order chi connectivity index (χ1) is 14.2. The van der Waals surface area contributed by atoms with Gasteiger partial charge in [0.05, 0.1) is 25.4 Å². The van der Waals surface area contributed by atoms with Crippen LogP contribution < -0.4 is 4.74 Å². The fourth-order valence-corrected chi connectivity index (χ4v) is 3.74. The molecule has 3 aromatic rings. The molecule has 0 saturated carbocycles. The van der Waals surface area contributed by atoms with Gasteiger partial charge in [-0.2, -0.15) is 5.10 Å². The van der Waals surface area contributed by atoms with Crippen LogP contribution in [0.1, 0.15) is 27.7 Å². The molecule has 1 atom stereocenters. The van der Waals surface area contributed by atoms with Gasteiger partial charge in [0.2, 0.25) is 0 Å². The Hall–Kier alpha value is -3.16. The molecule has 7 nitrogen and oxygen atoms in total. The Morgan fingerprint density at radius 3 is 2.34 bits per heavy atom. The number of aromatic nitrogens is 2. The first-order valence-corrected chi connectivity index (χ1v) is 9.32. The third-order valence-electron chi connectivity index (χ3n) is 5.21. The van der Waals surface area contributed by atoms with E-state index in [0.717, 1.165) is 28.1 Å². The zero-order valence-corrected chi connectivity index (χ0v) is 16.6. The number of carbonyl (C=O) groups excluding carboxylic acids is 1. The Balaban J connectivity index is 1.83. The third kappa shape index (κ3) is 3.39. The van der Waals surface area contributed by atoms with Crippen molar-refractivity contribution in [2.45, 2.75) is 12.3 Å². The standard InChI is InChI=1S/C22H23N3O4/c1-27-16-11-9-15(10-12-16)21-18-19(14-7-5-4-6-8-14)23-24-20(18)22(26)25(21)13-17(28-2)29-3/h4-12,17,21H,13H2,1-3H3,(H,23,24). The maximum atomic E-state index is 13.2. The molecule has 0 aliphatic carbocycles. The highest BCUT2D eigenvalue weighted by molar-refractivity contribution is 6.00. The Bertz CT molecular complexity index is 981. The number of methoxy groups -OCH3 is 3. The first-order valence-electron chi connectivity index (χ1n) is 9.32. The number of ether oxygens (including phenoxy) is 3. The molecular weight excluding hydrogens is 370 g/mol. The Morgan fingerprint density at radius 2 is 1.72 bits per heavy atom. The molecule has 0 saturated heterocycles. The van der Waals surface area contributed by atoms with Gasteiger partial charge in [-0.05, 0) is 17.7 Å². The predicted octanol–water partition coefficient (Wildman–Crippen LogP) is 3.25. The lowest BCUT2D eigenvalue weighted by atomic mass is 9.96. The summed E-state index contributed by atoms with van der Waals surface area (Å²) in [5, 5.41) is 7.41. The fraction of sp³-hybridized carbons (Fsp3) is 0.273. The molecule has 2 heterocycles.